The summed E-state index contributed by atoms with van der Waals surface area (Å²) in [7, 11) is 1.69. The smallest absolute Gasteiger partial charge is 0.146 e. The molecule has 2 nitrogen and oxygen atoms in total. The molecule has 2 bridgehead atoms. The van der Waals surface area contributed by atoms with Gasteiger partial charge in [-0.3, -0.25) is 0 Å². The lowest BCUT2D eigenvalue weighted by molar-refractivity contribution is 0.424. The molecule has 0 amide bonds. The maximum absolute atomic E-state index is 5.84. The van der Waals surface area contributed by atoms with Crippen LogP contribution >= 0.6 is 0 Å². The van der Waals surface area contributed by atoms with Gasteiger partial charge in [-0.05, 0) is 11.5 Å². The van der Waals surface area contributed by atoms with Crippen LogP contribution in [0.2, 0.25) is 0 Å². The van der Waals surface area contributed by atoms with E-state index in [1.54, 1.807) is 7.11 Å². The van der Waals surface area contributed by atoms with E-state index in [1.165, 1.54) is 0 Å². The topological polar surface area (TPSA) is 22.4 Å². The van der Waals surface area contributed by atoms with Crippen molar-refractivity contribution in [3.63, 3.8) is 0 Å². The molecule has 0 N–H and O–H groups in total. The number of fused-ring (bicyclic) bond motifs is 6. The molecule has 0 aliphatic heterocycles. The predicted octanol–water partition coefficient (Wildman–Crippen LogP) is 3.01. The Bertz CT molecular complexity index is 1020. The Morgan fingerprint density at radius 3 is 2.53 bits per heavy atom. The summed E-state index contributed by atoms with van der Waals surface area (Å²) in [5.74, 6) is 0.853. The Hall–Kier alpha value is -2.48. The van der Waals surface area contributed by atoms with Crippen molar-refractivity contribution in [3.05, 3.63) is 40.8 Å². The second kappa shape index (κ2) is 3.29. The van der Waals surface area contributed by atoms with Crippen molar-refractivity contribution in [2.24, 2.45) is 0 Å². The minimum Gasteiger partial charge on any atom is -0.495 e. The van der Waals surface area contributed by atoms with Gasteiger partial charge in [0.05, 0.1) is 12.5 Å². The number of rotatable bonds is 1. The predicted molar refractivity (Wildman–Crippen MR) is 79.3 cm³/mol. The van der Waals surface area contributed by atoms with Crippen LogP contribution in [0.25, 0.3) is 45.9 Å². The summed E-state index contributed by atoms with van der Waals surface area (Å²) in [5, 5.41) is 6.03. The number of hydrogen-bond donors (Lipinski definition) is 0. The van der Waals surface area contributed by atoms with Crippen molar-refractivity contribution in [2.75, 3.05) is 7.11 Å². The summed E-state index contributed by atoms with van der Waals surface area (Å²) in [4.78, 5) is 0. The highest BCUT2D eigenvalue weighted by Crippen LogP contribution is 2.39. The van der Waals surface area contributed by atoms with Crippen LogP contribution in [0, 0.1) is 0 Å². The molecular weight excluding hydrogens is 236 g/mol. The summed E-state index contributed by atoms with van der Waals surface area (Å²) < 4.78 is 11.5. The Morgan fingerprint density at radius 1 is 1.00 bits per heavy atom. The molecule has 4 aromatic rings. The second-order valence-electron chi connectivity index (χ2n) is 4.77. The fraction of sp³-hybridized carbons (Fsp3) is 0.0588. The normalized spacial score (nSPS) is 11.8. The first-order chi connectivity index (χ1) is 9.22. The molecule has 2 heterocycles. The molecule has 0 spiro atoms. The summed E-state index contributed by atoms with van der Waals surface area (Å²) >= 11 is 0. The molecule has 2 aromatic heterocycles. The maximum atomic E-state index is 5.84. The summed E-state index contributed by atoms with van der Waals surface area (Å²) in [5.41, 5.74) is 1.61. The molecule has 2 aromatic carbocycles. The monoisotopic (exact) mass is 248 g/mol. The van der Waals surface area contributed by atoms with E-state index in [9.17, 15) is 0 Å². The van der Waals surface area contributed by atoms with Gasteiger partial charge in [-0.2, -0.15) is 0 Å². The molecule has 2 heteroatoms. The lowest BCUT2D eigenvalue weighted by atomic mass is 10.0. The Kier molecular flexibility index (Phi) is 1.81. The zero-order valence-electron chi connectivity index (χ0n) is 10.6. The average Bonchev–Trinajstić information content (AvgIpc) is 2.94. The van der Waals surface area contributed by atoms with E-state index in [-0.39, 0.29) is 0 Å². The van der Waals surface area contributed by atoms with Crippen molar-refractivity contribution >= 4 is 45.9 Å². The fourth-order valence-corrected chi connectivity index (χ4v) is 2.85. The maximum Gasteiger partial charge on any atom is 0.146 e. The van der Waals surface area contributed by atoms with E-state index >= 15 is 0 Å². The quantitative estimate of drug-likeness (QED) is 0.483. The molecule has 0 fully saturated rings. The largest absolute Gasteiger partial charge is 0.495 e. The zero-order valence-corrected chi connectivity index (χ0v) is 10.6. The first-order valence-corrected chi connectivity index (χ1v) is 6.13. The number of methoxy groups -OCH3 is 1. The number of benzene rings is 3. The van der Waals surface area contributed by atoms with Gasteiger partial charge in [0.1, 0.15) is 16.9 Å². The Labute approximate surface area is 109 Å². The number of ether oxygens (including phenoxy) is 1. The van der Waals surface area contributed by atoms with Gasteiger partial charge in [0.15, 0.2) is 0 Å². The van der Waals surface area contributed by atoms with E-state index in [1.807, 2.05) is 12.1 Å². The second-order valence-corrected chi connectivity index (χ2v) is 4.77. The fourth-order valence-electron chi connectivity index (χ4n) is 2.85. The minimum absolute atomic E-state index is 0.789. The van der Waals surface area contributed by atoms with E-state index in [2.05, 4.69) is 31.4 Å². The van der Waals surface area contributed by atoms with Gasteiger partial charge in [0, 0.05) is 21.2 Å². The van der Waals surface area contributed by atoms with Gasteiger partial charge in [-0.1, -0.05) is 37.4 Å². The molecule has 0 aliphatic carbocycles. The van der Waals surface area contributed by atoms with E-state index in [4.69, 9.17) is 9.15 Å². The zero-order chi connectivity index (χ0) is 13.1. The van der Waals surface area contributed by atoms with E-state index in [0.717, 1.165) is 48.9 Å². The Morgan fingerprint density at radius 2 is 1.74 bits per heavy atom. The van der Waals surface area contributed by atoms with Crippen molar-refractivity contribution in [3.8, 4) is 5.75 Å². The van der Waals surface area contributed by atoms with Crippen LogP contribution < -0.4 is 15.2 Å². The van der Waals surface area contributed by atoms with Gasteiger partial charge in [0.25, 0.3) is 0 Å². The van der Waals surface area contributed by atoms with Gasteiger partial charge >= 0.3 is 0 Å². The molecule has 92 valence electrons. The summed E-state index contributed by atoms with van der Waals surface area (Å²) in [6.07, 6.45) is 0. The van der Waals surface area contributed by atoms with Gasteiger partial charge in [-0.25, -0.2) is 0 Å². The summed E-state index contributed by atoms with van der Waals surface area (Å²) in [6.45, 7) is 8.06. The summed E-state index contributed by atoms with van der Waals surface area (Å²) in [6, 6.07) is 10.3. The minimum atomic E-state index is 0.789. The van der Waals surface area contributed by atoms with Crippen molar-refractivity contribution in [1.82, 2.24) is 0 Å². The van der Waals surface area contributed by atoms with Crippen LogP contribution in [0.5, 0.6) is 5.75 Å². The number of hydrogen-bond acceptors (Lipinski definition) is 2. The van der Waals surface area contributed by atoms with E-state index in [0.29, 0.717) is 0 Å². The lowest BCUT2D eigenvalue weighted by Gasteiger charge is -2.08. The van der Waals surface area contributed by atoms with Crippen molar-refractivity contribution in [1.29, 1.82) is 0 Å². The standard InChI is InChI=1S/C17H12O2/c1-9-10(2)16-14-13(15(9)19-16)8-11-6-4-5-7-12(11)17(14)18-3/h4-8H,1-2H2,3H3. The molecule has 0 saturated heterocycles. The average molecular weight is 248 g/mol. The van der Waals surface area contributed by atoms with E-state index < -0.39 is 0 Å². The highest BCUT2D eigenvalue weighted by molar-refractivity contribution is 6.17. The first kappa shape index (κ1) is 10.4. The van der Waals surface area contributed by atoms with Crippen LogP contribution in [-0.4, -0.2) is 7.11 Å². The van der Waals surface area contributed by atoms with Crippen LogP contribution in [0.15, 0.2) is 34.7 Å². The molecule has 0 atom stereocenters. The van der Waals surface area contributed by atoms with Crippen molar-refractivity contribution in [2.45, 2.75) is 0 Å². The third-order valence-electron chi connectivity index (χ3n) is 3.79. The molecule has 0 unspecified atom stereocenters. The van der Waals surface area contributed by atoms with Gasteiger partial charge in [0.2, 0.25) is 0 Å². The molecule has 19 heavy (non-hydrogen) atoms. The molecule has 0 aliphatic rings. The van der Waals surface area contributed by atoms with Crippen LogP contribution in [-0.2, 0) is 0 Å². The highest BCUT2D eigenvalue weighted by Gasteiger charge is 2.19. The first-order valence-electron chi connectivity index (χ1n) is 6.13. The SMILES string of the molecule is C=c1c(=C)c2oc1c1cc3ccccc3c(OC)c21. The molecular formula is C17H12O2. The van der Waals surface area contributed by atoms with Crippen LogP contribution in [0.3, 0.4) is 0 Å². The van der Waals surface area contributed by atoms with Gasteiger partial charge < -0.3 is 9.15 Å². The third kappa shape index (κ3) is 1.11. The molecule has 0 saturated carbocycles. The lowest BCUT2D eigenvalue weighted by Crippen LogP contribution is -2.18. The highest BCUT2D eigenvalue weighted by atomic mass is 16.5. The number of furan rings is 2. The van der Waals surface area contributed by atoms with Crippen LogP contribution in [0.1, 0.15) is 0 Å². The van der Waals surface area contributed by atoms with Gasteiger partial charge in [-0.15, -0.1) is 0 Å². The molecule has 4 rings (SSSR count). The third-order valence-corrected chi connectivity index (χ3v) is 3.79. The van der Waals surface area contributed by atoms with Crippen molar-refractivity contribution < 1.29 is 9.15 Å². The molecule has 0 radical (unpaired) electrons. The van der Waals surface area contributed by atoms with Crippen LogP contribution in [0.4, 0.5) is 0 Å². The Balaban J connectivity index is 2.42.